The number of aromatic nitrogens is 7. The van der Waals surface area contributed by atoms with Crippen molar-refractivity contribution >= 4 is 23.2 Å². The predicted octanol–water partition coefficient (Wildman–Crippen LogP) is 6.78. The molecule has 7 nitrogen and oxygen atoms in total. The van der Waals surface area contributed by atoms with E-state index in [2.05, 4.69) is 23.8 Å². The van der Waals surface area contributed by atoms with Crippen molar-refractivity contribution in [3.8, 4) is 23.3 Å². The van der Waals surface area contributed by atoms with Gasteiger partial charge in [-0.05, 0) is 31.0 Å². The molecule has 176 valence electrons. The third kappa shape index (κ3) is 6.18. The van der Waals surface area contributed by atoms with E-state index in [1.807, 2.05) is 35.4 Å². The maximum absolute atomic E-state index is 6.23. The van der Waals surface area contributed by atoms with Crippen molar-refractivity contribution in [1.29, 1.82) is 0 Å². The molecular formula is C24H31Cl2N7. The van der Waals surface area contributed by atoms with Gasteiger partial charge in [0.15, 0.2) is 5.82 Å². The van der Waals surface area contributed by atoms with Gasteiger partial charge in [-0.3, -0.25) is 9.13 Å². The summed E-state index contributed by atoms with van der Waals surface area (Å²) in [6.07, 6.45) is 10.8. The van der Waals surface area contributed by atoms with E-state index >= 15 is 0 Å². The molecule has 0 saturated carbocycles. The summed E-state index contributed by atoms with van der Waals surface area (Å²) in [7, 11) is 0. The van der Waals surface area contributed by atoms with Gasteiger partial charge in [-0.25, -0.2) is 9.97 Å². The third-order valence-corrected chi connectivity index (χ3v) is 5.04. The Morgan fingerprint density at radius 1 is 0.727 bits per heavy atom. The lowest BCUT2D eigenvalue weighted by Crippen LogP contribution is -2.12. The lowest BCUT2D eigenvalue weighted by molar-refractivity contribution is 0.768. The standard InChI is InChI=1S/C21H21Cl2N7.C2H6.CH4/c1-3-5-17-10-24-12-29(17)20-26-19(14-7-15(22)9-16(23)8-14)27-21(28-20)30-13-25-11-18(30)6-4-2;1-2;/h7-13H,3-6H2,1-2H3;1-2H3;1H4. The molecule has 1 aromatic carbocycles. The van der Waals surface area contributed by atoms with Crippen molar-refractivity contribution in [3.63, 3.8) is 0 Å². The first kappa shape index (κ1) is 26.5. The Morgan fingerprint density at radius 2 is 1.18 bits per heavy atom. The van der Waals surface area contributed by atoms with Crippen LogP contribution >= 0.6 is 23.2 Å². The van der Waals surface area contributed by atoms with Gasteiger partial charge in [-0.1, -0.05) is 71.2 Å². The topological polar surface area (TPSA) is 74.3 Å². The minimum absolute atomic E-state index is 0. The summed E-state index contributed by atoms with van der Waals surface area (Å²) in [6.45, 7) is 8.25. The predicted molar refractivity (Wildman–Crippen MR) is 136 cm³/mol. The van der Waals surface area contributed by atoms with Crippen molar-refractivity contribution in [1.82, 2.24) is 34.1 Å². The van der Waals surface area contributed by atoms with Gasteiger partial charge in [0.05, 0.1) is 0 Å². The molecule has 0 spiro atoms. The molecule has 0 N–H and O–H groups in total. The van der Waals surface area contributed by atoms with Gasteiger partial charge in [0.25, 0.3) is 0 Å². The fourth-order valence-electron chi connectivity index (χ4n) is 3.27. The molecule has 9 heteroatoms. The fourth-order valence-corrected chi connectivity index (χ4v) is 3.79. The maximum atomic E-state index is 6.23. The van der Waals surface area contributed by atoms with Crippen LogP contribution in [0.2, 0.25) is 10.0 Å². The van der Waals surface area contributed by atoms with E-state index < -0.39 is 0 Å². The lowest BCUT2D eigenvalue weighted by atomic mass is 10.2. The van der Waals surface area contributed by atoms with Gasteiger partial charge in [-0.15, -0.1) is 0 Å². The average molecular weight is 488 g/mol. The van der Waals surface area contributed by atoms with Crippen LogP contribution in [0.5, 0.6) is 0 Å². The largest absolute Gasteiger partial charge is 0.271 e. The molecule has 0 atom stereocenters. The molecule has 4 aromatic rings. The molecule has 3 aromatic heterocycles. The van der Waals surface area contributed by atoms with Crippen LogP contribution in [0.1, 0.15) is 59.4 Å². The second kappa shape index (κ2) is 12.5. The molecule has 0 aliphatic rings. The van der Waals surface area contributed by atoms with Crippen LogP contribution < -0.4 is 0 Å². The zero-order chi connectivity index (χ0) is 23.1. The molecule has 4 rings (SSSR count). The second-order valence-corrected chi connectivity index (χ2v) is 7.80. The first-order chi connectivity index (χ1) is 15.6. The normalized spacial score (nSPS) is 10.4. The Kier molecular flexibility index (Phi) is 10.0. The highest BCUT2D eigenvalue weighted by Gasteiger charge is 2.16. The van der Waals surface area contributed by atoms with E-state index in [1.165, 1.54) is 0 Å². The minimum atomic E-state index is 0. The average Bonchev–Trinajstić information content (AvgIpc) is 3.44. The van der Waals surface area contributed by atoms with Crippen LogP contribution in [0.15, 0.2) is 43.2 Å². The molecule has 0 amide bonds. The monoisotopic (exact) mass is 487 g/mol. The van der Waals surface area contributed by atoms with Gasteiger partial charge in [-0.2, -0.15) is 15.0 Å². The Bertz CT molecular complexity index is 1080. The van der Waals surface area contributed by atoms with Crippen LogP contribution in [-0.2, 0) is 12.8 Å². The van der Waals surface area contributed by atoms with Crippen LogP contribution in [-0.4, -0.2) is 34.1 Å². The number of hydrogen-bond acceptors (Lipinski definition) is 5. The maximum Gasteiger partial charge on any atom is 0.240 e. The van der Waals surface area contributed by atoms with E-state index in [4.69, 9.17) is 38.2 Å². The molecule has 0 radical (unpaired) electrons. The Balaban J connectivity index is 0.00000125. The van der Waals surface area contributed by atoms with Crippen molar-refractivity contribution < 1.29 is 0 Å². The van der Waals surface area contributed by atoms with Gasteiger partial charge >= 0.3 is 0 Å². The number of imidazole rings is 2. The highest BCUT2D eigenvalue weighted by atomic mass is 35.5. The minimum Gasteiger partial charge on any atom is -0.271 e. The molecule has 0 fully saturated rings. The van der Waals surface area contributed by atoms with Gasteiger partial charge < -0.3 is 0 Å². The van der Waals surface area contributed by atoms with E-state index in [-0.39, 0.29) is 7.43 Å². The van der Waals surface area contributed by atoms with Gasteiger partial charge in [0.1, 0.15) is 12.7 Å². The van der Waals surface area contributed by atoms with Crippen molar-refractivity contribution in [3.05, 3.63) is 64.7 Å². The Hall–Kier alpha value is -2.77. The molecule has 0 bridgehead atoms. The molecule has 0 unspecified atom stereocenters. The number of benzene rings is 1. The number of nitrogens with zero attached hydrogens (tertiary/aromatic N) is 7. The summed E-state index contributed by atoms with van der Waals surface area (Å²) < 4.78 is 3.78. The first-order valence-corrected chi connectivity index (χ1v) is 11.6. The highest BCUT2D eigenvalue weighted by molar-refractivity contribution is 6.35. The summed E-state index contributed by atoms with van der Waals surface area (Å²) in [5, 5.41) is 1.04. The highest BCUT2D eigenvalue weighted by Crippen LogP contribution is 2.26. The number of halogens is 2. The quantitative estimate of drug-likeness (QED) is 0.287. The first-order valence-electron chi connectivity index (χ1n) is 10.8. The summed E-state index contributed by atoms with van der Waals surface area (Å²) in [5.74, 6) is 1.46. The summed E-state index contributed by atoms with van der Waals surface area (Å²) >= 11 is 12.5. The lowest BCUT2D eigenvalue weighted by Gasteiger charge is -2.12. The summed E-state index contributed by atoms with van der Waals surface area (Å²) in [6, 6.07) is 5.26. The van der Waals surface area contributed by atoms with Crippen molar-refractivity contribution in [2.75, 3.05) is 0 Å². The van der Waals surface area contributed by atoms with E-state index in [1.54, 1.807) is 30.9 Å². The van der Waals surface area contributed by atoms with E-state index in [0.29, 0.717) is 33.3 Å². The van der Waals surface area contributed by atoms with E-state index in [9.17, 15) is 0 Å². The molecule has 33 heavy (non-hydrogen) atoms. The SMILES string of the molecule is C.CC.CCCc1cncn1-c1nc(-c2cc(Cl)cc(Cl)c2)nc(-n2cncc2CCC)n1. The zero-order valence-corrected chi connectivity index (χ0v) is 20.3. The van der Waals surface area contributed by atoms with Crippen LogP contribution in [0.4, 0.5) is 0 Å². The molecule has 3 heterocycles. The van der Waals surface area contributed by atoms with Crippen LogP contribution in [0, 0.1) is 0 Å². The third-order valence-electron chi connectivity index (χ3n) is 4.61. The number of aryl methyl sites for hydroxylation is 2. The number of hydrogen-bond donors (Lipinski definition) is 0. The second-order valence-electron chi connectivity index (χ2n) is 6.93. The fraction of sp³-hybridized carbons (Fsp3) is 0.375. The summed E-state index contributed by atoms with van der Waals surface area (Å²) in [5.41, 5.74) is 2.78. The Morgan fingerprint density at radius 3 is 1.61 bits per heavy atom. The number of rotatable bonds is 7. The van der Waals surface area contributed by atoms with Gasteiger partial charge in [0.2, 0.25) is 11.9 Å². The molecule has 0 aliphatic carbocycles. The molecule has 0 aliphatic heterocycles. The van der Waals surface area contributed by atoms with Crippen molar-refractivity contribution in [2.24, 2.45) is 0 Å². The smallest absolute Gasteiger partial charge is 0.240 e. The summed E-state index contributed by atoms with van der Waals surface area (Å²) in [4.78, 5) is 22.7. The van der Waals surface area contributed by atoms with Crippen LogP contribution in [0.3, 0.4) is 0 Å². The van der Waals surface area contributed by atoms with Crippen molar-refractivity contribution in [2.45, 2.75) is 60.8 Å². The van der Waals surface area contributed by atoms with Gasteiger partial charge in [0, 0.05) is 39.4 Å². The molecule has 0 saturated heterocycles. The van der Waals surface area contributed by atoms with Crippen LogP contribution in [0.25, 0.3) is 23.3 Å². The van der Waals surface area contributed by atoms with E-state index in [0.717, 1.165) is 37.1 Å². The zero-order valence-electron chi connectivity index (χ0n) is 18.8. The Labute approximate surface area is 205 Å². The molecular weight excluding hydrogens is 457 g/mol.